The number of rotatable bonds is 1. The molecule has 2 bridgehead atoms. The van der Waals surface area contributed by atoms with Crippen LogP contribution in [-0.4, -0.2) is 41.8 Å². The van der Waals surface area contributed by atoms with Gasteiger partial charge in [0.15, 0.2) is 11.5 Å². The normalized spacial score (nSPS) is 22.8. The van der Waals surface area contributed by atoms with Crippen LogP contribution in [0, 0.1) is 5.92 Å². The Bertz CT molecular complexity index is 970. The highest BCUT2D eigenvalue weighted by Crippen LogP contribution is 2.36. The highest BCUT2D eigenvalue weighted by atomic mass is 16.5. The van der Waals surface area contributed by atoms with E-state index in [-0.39, 0.29) is 17.5 Å². The molecule has 0 saturated carbocycles. The van der Waals surface area contributed by atoms with Crippen molar-refractivity contribution < 1.29 is 14.3 Å². The van der Waals surface area contributed by atoms with Crippen molar-refractivity contribution in [3.05, 3.63) is 52.4 Å². The number of hydrogen-bond acceptors (Lipinski definition) is 4. The van der Waals surface area contributed by atoms with Crippen LogP contribution in [0.25, 0.3) is 0 Å². The summed E-state index contributed by atoms with van der Waals surface area (Å²) in [7, 11) is 0. The number of urea groups is 1. The molecule has 1 aromatic heterocycles. The Kier molecular flexibility index (Phi) is 4.22. The maximum absolute atomic E-state index is 12.9. The van der Waals surface area contributed by atoms with Crippen molar-refractivity contribution in [2.24, 2.45) is 5.92 Å². The highest BCUT2D eigenvalue weighted by Gasteiger charge is 2.36. The molecule has 28 heavy (non-hydrogen) atoms. The molecule has 0 spiro atoms. The van der Waals surface area contributed by atoms with E-state index in [0.29, 0.717) is 56.0 Å². The zero-order valence-corrected chi connectivity index (χ0v) is 15.6. The molecule has 1 N–H and O–H groups in total. The van der Waals surface area contributed by atoms with E-state index in [0.717, 1.165) is 18.5 Å². The lowest BCUT2D eigenvalue weighted by Gasteiger charge is -2.42. The van der Waals surface area contributed by atoms with Crippen LogP contribution in [0.4, 0.5) is 10.5 Å². The minimum Gasteiger partial charge on any atom is -0.490 e. The number of carbonyl (C=O) groups excluding carboxylic acids is 1. The Hall–Kier alpha value is -2.96. The molecule has 1 aromatic carbocycles. The highest BCUT2D eigenvalue weighted by molar-refractivity contribution is 5.90. The smallest absolute Gasteiger partial charge is 0.321 e. The minimum absolute atomic E-state index is 0.0531. The summed E-state index contributed by atoms with van der Waals surface area (Å²) in [5.74, 6) is 1.89. The predicted octanol–water partition coefficient (Wildman–Crippen LogP) is 2.66. The van der Waals surface area contributed by atoms with Crippen LogP contribution in [0.5, 0.6) is 11.5 Å². The molecule has 3 aliphatic rings. The van der Waals surface area contributed by atoms with Gasteiger partial charge < -0.3 is 24.3 Å². The van der Waals surface area contributed by atoms with Crippen LogP contribution in [0.15, 0.2) is 41.2 Å². The second-order valence-electron chi connectivity index (χ2n) is 7.75. The number of likely N-dealkylation sites (tertiary alicyclic amines) is 1. The Morgan fingerprint density at radius 2 is 1.89 bits per heavy atom. The lowest BCUT2D eigenvalue weighted by atomic mass is 9.83. The van der Waals surface area contributed by atoms with Crippen LogP contribution < -0.4 is 20.3 Å². The molecule has 0 radical (unpaired) electrons. The second kappa shape index (κ2) is 6.89. The van der Waals surface area contributed by atoms with Crippen LogP contribution in [-0.2, 0) is 6.54 Å². The number of amides is 2. The third-order valence-electron chi connectivity index (χ3n) is 5.77. The van der Waals surface area contributed by atoms with Crippen molar-refractivity contribution in [2.45, 2.75) is 25.3 Å². The summed E-state index contributed by atoms with van der Waals surface area (Å²) in [5, 5.41) is 2.99. The van der Waals surface area contributed by atoms with Crippen molar-refractivity contribution in [2.75, 3.05) is 31.6 Å². The topological polar surface area (TPSA) is 72.8 Å². The summed E-state index contributed by atoms with van der Waals surface area (Å²) in [4.78, 5) is 26.9. The largest absolute Gasteiger partial charge is 0.490 e. The van der Waals surface area contributed by atoms with E-state index < -0.39 is 0 Å². The van der Waals surface area contributed by atoms with Gasteiger partial charge in [0, 0.05) is 55.5 Å². The summed E-state index contributed by atoms with van der Waals surface area (Å²) in [6.07, 6.45) is 1.87. The monoisotopic (exact) mass is 381 g/mol. The van der Waals surface area contributed by atoms with E-state index in [1.807, 2.05) is 39.8 Å². The third-order valence-corrected chi connectivity index (χ3v) is 5.77. The Balaban J connectivity index is 1.32. The van der Waals surface area contributed by atoms with E-state index >= 15 is 0 Å². The molecule has 2 atom stereocenters. The fraction of sp³-hybridized carbons (Fsp3) is 0.429. The number of anilines is 1. The lowest BCUT2D eigenvalue weighted by Crippen LogP contribution is -2.50. The molecule has 2 amide bonds. The SMILES string of the molecule is O=C(Nc1ccc2c(c1)OCCCO2)N1CC2CC(C1)c1cccc(=O)n1C2. The first kappa shape index (κ1) is 17.2. The van der Waals surface area contributed by atoms with Crippen LogP contribution in [0.3, 0.4) is 0 Å². The van der Waals surface area contributed by atoms with Crippen molar-refractivity contribution in [3.63, 3.8) is 0 Å². The van der Waals surface area contributed by atoms with Crippen molar-refractivity contribution in [3.8, 4) is 11.5 Å². The number of hydrogen-bond donors (Lipinski definition) is 1. The Labute approximate surface area is 162 Å². The fourth-order valence-electron chi connectivity index (χ4n) is 4.51. The third kappa shape index (κ3) is 3.10. The van der Waals surface area contributed by atoms with E-state index in [1.165, 1.54) is 0 Å². The number of pyridine rings is 1. The summed E-state index contributed by atoms with van der Waals surface area (Å²) in [5.41, 5.74) is 1.79. The van der Waals surface area contributed by atoms with Crippen molar-refractivity contribution in [1.29, 1.82) is 0 Å². The molecule has 1 fully saturated rings. The first-order valence-electron chi connectivity index (χ1n) is 9.83. The first-order chi connectivity index (χ1) is 13.7. The molecule has 0 aliphatic carbocycles. The summed E-state index contributed by atoms with van der Waals surface area (Å²) in [6.45, 7) is 3.21. The molecule has 3 aliphatic heterocycles. The van der Waals surface area contributed by atoms with E-state index in [9.17, 15) is 9.59 Å². The average Bonchev–Trinajstić information content (AvgIpc) is 2.94. The standard InChI is InChI=1S/C21H23N3O4/c25-20-4-1-3-17-15-9-14(12-24(17)20)11-23(13-15)21(26)22-16-5-6-18-19(10-16)28-8-2-7-27-18/h1,3-6,10,14-15H,2,7-9,11-13H2,(H,22,26). The van der Waals surface area contributed by atoms with Gasteiger partial charge in [-0.3, -0.25) is 4.79 Å². The number of benzene rings is 1. The lowest BCUT2D eigenvalue weighted by molar-refractivity contribution is 0.139. The number of ether oxygens (including phenoxy) is 2. The minimum atomic E-state index is -0.115. The zero-order valence-electron chi connectivity index (χ0n) is 15.6. The average molecular weight is 381 g/mol. The number of nitrogens with zero attached hydrogens (tertiary/aromatic N) is 2. The van der Waals surface area contributed by atoms with Gasteiger partial charge in [0.2, 0.25) is 0 Å². The van der Waals surface area contributed by atoms with Crippen LogP contribution in [0.2, 0.25) is 0 Å². The molecule has 7 heteroatoms. The van der Waals surface area contributed by atoms with Gasteiger partial charge in [0.05, 0.1) is 13.2 Å². The number of fused-ring (bicyclic) bond motifs is 5. The van der Waals surface area contributed by atoms with Gasteiger partial charge in [0.1, 0.15) is 0 Å². The number of nitrogens with one attached hydrogen (secondary N) is 1. The van der Waals surface area contributed by atoms with Gasteiger partial charge in [-0.05, 0) is 30.5 Å². The number of carbonyl (C=O) groups is 1. The van der Waals surface area contributed by atoms with Crippen molar-refractivity contribution >= 4 is 11.7 Å². The second-order valence-corrected chi connectivity index (χ2v) is 7.75. The quantitative estimate of drug-likeness (QED) is 0.824. The summed E-state index contributed by atoms with van der Waals surface area (Å²) >= 11 is 0. The molecule has 5 rings (SSSR count). The van der Waals surface area contributed by atoms with Gasteiger partial charge in [0.25, 0.3) is 5.56 Å². The molecule has 2 unspecified atom stereocenters. The fourth-order valence-corrected chi connectivity index (χ4v) is 4.51. The first-order valence-corrected chi connectivity index (χ1v) is 9.83. The summed E-state index contributed by atoms with van der Waals surface area (Å²) < 4.78 is 13.2. The molecule has 7 nitrogen and oxygen atoms in total. The number of aromatic nitrogens is 1. The Morgan fingerprint density at radius 3 is 2.79 bits per heavy atom. The van der Waals surface area contributed by atoms with Gasteiger partial charge >= 0.3 is 6.03 Å². The summed E-state index contributed by atoms with van der Waals surface area (Å²) in [6, 6.07) is 10.8. The maximum Gasteiger partial charge on any atom is 0.321 e. The molecular formula is C21H23N3O4. The predicted molar refractivity (Wildman–Crippen MR) is 104 cm³/mol. The van der Waals surface area contributed by atoms with E-state index in [4.69, 9.17) is 9.47 Å². The molecule has 1 saturated heterocycles. The molecule has 2 aromatic rings. The maximum atomic E-state index is 12.9. The zero-order chi connectivity index (χ0) is 19.1. The van der Waals surface area contributed by atoms with Crippen LogP contribution >= 0.6 is 0 Å². The molecular weight excluding hydrogens is 358 g/mol. The van der Waals surface area contributed by atoms with Gasteiger partial charge in [-0.15, -0.1) is 0 Å². The van der Waals surface area contributed by atoms with Gasteiger partial charge in [-0.25, -0.2) is 4.79 Å². The Morgan fingerprint density at radius 1 is 1.04 bits per heavy atom. The molecule has 4 heterocycles. The van der Waals surface area contributed by atoms with E-state index in [1.54, 1.807) is 6.07 Å². The van der Waals surface area contributed by atoms with Gasteiger partial charge in [-0.2, -0.15) is 0 Å². The van der Waals surface area contributed by atoms with Crippen molar-refractivity contribution in [1.82, 2.24) is 9.47 Å². The number of piperidine rings is 1. The molecule has 146 valence electrons. The van der Waals surface area contributed by atoms with Crippen LogP contribution in [0.1, 0.15) is 24.5 Å². The van der Waals surface area contributed by atoms with Gasteiger partial charge in [-0.1, -0.05) is 6.07 Å². The van der Waals surface area contributed by atoms with E-state index in [2.05, 4.69) is 5.32 Å².